The number of carboxylic acids is 1. The number of aromatic nitrogens is 4. The minimum absolute atomic E-state index is 0.173. The molecule has 0 fully saturated rings. The number of amides is 2. The molecule has 172 valence electrons. The second kappa shape index (κ2) is 10.7. The van der Waals surface area contributed by atoms with Gasteiger partial charge in [-0.15, -0.1) is 0 Å². The average Bonchev–Trinajstić information content (AvgIpc) is 3.39. The van der Waals surface area contributed by atoms with Gasteiger partial charge in [-0.25, -0.2) is 14.8 Å². The minimum atomic E-state index is -1.45. The molecule has 0 aliphatic carbocycles. The number of hydrogen-bond donors (Lipinski definition) is 5. The Hall–Kier alpha value is -4.52. The van der Waals surface area contributed by atoms with Gasteiger partial charge in [0.05, 0.1) is 31.0 Å². The molecule has 2 heterocycles. The molecule has 33 heavy (non-hydrogen) atoms. The number of carboxylic acid groups (broad SMARTS) is 1. The Labute approximate surface area is 187 Å². The Morgan fingerprint density at radius 2 is 2.03 bits per heavy atom. The van der Waals surface area contributed by atoms with Gasteiger partial charge in [0.15, 0.2) is 11.6 Å². The molecule has 3 rings (SSSR count). The minimum Gasteiger partial charge on any atom is -0.480 e. The summed E-state index contributed by atoms with van der Waals surface area (Å²) < 4.78 is 1.32. The lowest BCUT2D eigenvalue weighted by atomic mass is 10.3. The number of hydrogen-bond acceptors (Lipinski definition) is 8. The van der Waals surface area contributed by atoms with E-state index in [9.17, 15) is 14.4 Å². The zero-order valence-corrected chi connectivity index (χ0v) is 17.4. The monoisotopic (exact) mass is 455 g/mol. The molecule has 2 amide bonds. The molecular formula is C20H21N7O6. The number of H-pyrrole nitrogens is 1. The highest BCUT2D eigenvalue weighted by molar-refractivity contribution is 5.92. The first-order valence-corrected chi connectivity index (χ1v) is 9.64. The molecule has 13 nitrogen and oxygen atoms in total. The number of para-hydroxylation sites is 1. The Bertz CT molecular complexity index is 1150. The van der Waals surface area contributed by atoms with E-state index >= 15 is 0 Å². The van der Waals surface area contributed by atoms with Crippen molar-refractivity contribution >= 4 is 29.8 Å². The number of nitrogens with zero attached hydrogens (tertiary/aromatic N) is 4. The molecule has 1 atom stereocenters. The number of anilines is 1. The number of rotatable bonds is 10. The van der Waals surface area contributed by atoms with Crippen LogP contribution in [-0.2, 0) is 20.9 Å². The van der Waals surface area contributed by atoms with E-state index in [2.05, 4.69) is 30.7 Å². The van der Waals surface area contributed by atoms with E-state index in [1.165, 1.54) is 30.2 Å². The van der Waals surface area contributed by atoms with Crippen LogP contribution in [0.15, 0.2) is 48.0 Å². The summed E-state index contributed by atoms with van der Waals surface area (Å²) >= 11 is 0. The Morgan fingerprint density at radius 3 is 2.70 bits per heavy atom. The molecule has 0 saturated carbocycles. The largest absolute Gasteiger partial charge is 0.480 e. The zero-order chi connectivity index (χ0) is 23.8. The first kappa shape index (κ1) is 23.1. The number of carbonyl (C=O) groups is 3. The summed E-state index contributed by atoms with van der Waals surface area (Å²) in [6.45, 7) is 0.167. The van der Waals surface area contributed by atoms with Crippen LogP contribution >= 0.6 is 0 Å². The van der Waals surface area contributed by atoms with E-state index in [4.69, 9.17) is 15.1 Å². The molecule has 0 radical (unpaired) electrons. The molecule has 1 aromatic carbocycles. The number of benzene rings is 1. The maximum absolute atomic E-state index is 12.2. The molecule has 0 spiro atoms. The van der Waals surface area contributed by atoms with Gasteiger partial charge in [0.2, 0.25) is 11.8 Å². The fourth-order valence-corrected chi connectivity index (χ4v) is 2.70. The van der Waals surface area contributed by atoms with Crippen molar-refractivity contribution in [3.63, 3.8) is 0 Å². The molecule has 0 aliphatic rings. The van der Waals surface area contributed by atoms with Crippen LogP contribution in [0, 0.1) is 0 Å². The maximum Gasteiger partial charge on any atom is 0.328 e. The van der Waals surface area contributed by atoms with Crippen molar-refractivity contribution in [2.45, 2.75) is 19.5 Å². The van der Waals surface area contributed by atoms with Gasteiger partial charge in [-0.05, 0) is 12.1 Å². The maximum atomic E-state index is 12.2. The standard InChI is InChI=1S/C20H21N7O6/c1-12(29)24-19-17(22-11-27(19)9-16(30)26-15(10-28)20(31)32)18-21-7-13(25-18)8-23-33-14-5-3-2-4-6-14/h2-8,11,15,28H,9-10H2,1H3,(H,21,25)(H,24,29)(H,26,30)(H,31,32)/b23-8+/t15-/m0/s1. The average molecular weight is 455 g/mol. The van der Waals surface area contributed by atoms with Crippen molar-refractivity contribution in [1.29, 1.82) is 0 Å². The topological polar surface area (TPSA) is 184 Å². The highest BCUT2D eigenvalue weighted by Gasteiger charge is 2.22. The molecule has 2 aromatic heterocycles. The Morgan fingerprint density at radius 1 is 1.27 bits per heavy atom. The van der Waals surface area contributed by atoms with Crippen LogP contribution in [0.1, 0.15) is 12.6 Å². The molecule has 0 aliphatic heterocycles. The van der Waals surface area contributed by atoms with Crippen molar-refractivity contribution in [3.05, 3.63) is 48.5 Å². The quantitative estimate of drug-likeness (QED) is 0.212. The van der Waals surface area contributed by atoms with E-state index in [0.29, 0.717) is 11.4 Å². The number of aliphatic hydroxyl groups is 1. The van der Waals surface area contributed by atoms with E-state index in [1.54, 1.807) is 12.1 Å². The van der Waals surface area contributed by atoms with Gasteiger partial charge in [0.25, 0.3) is 0 Å². The summed E-state index contributed by atoms with van der Waals surface area (Å²) in [5, 5.41) is 26.7. The lowest BCUT2D eigenvalue weighted by Gasteiger charge is -2.13. The molecule has 5 N–H and O–H groups in total. The van der Waals surface area contributed by atoms with E-state index in [1.807, 2.05) is 18.2 Å². The van der Waals surface area contributed by atoms with Gasteiger partial charge in [-0.2, -0.15) is 0 Å². The van der Waals surface area contributed by atoms with Crippen LogP contribution in [0.2, 0.25) is 0 Å². The van der Waals surface area contributed by atoms with E-state index in [-0.39, 0.29) is 23.9 Å². The van der Waals surface area contributed by atoms with E-state index < -0.39 is 30.4 Å². The smallest absolute Gasteiger partial charge is 0.328 e. The van der Waals surface area contributed by atoms with Gasteiger partial charge in [0.1, 0.15) is 24.1 Å². The highest BCUT2D eigenvalue weighted by Crippen LogP contribution is 2.24. The number of nitrogens with one attached hydrogen (secondary N) is 3. The predicted molar refractivity (Wildman–Crippen MR) is 115 cm³/mol. The first-order valence-electron chi connectivity index (χ1n) is 9.64. The molecule has 0 saturated heterocycles. The molecule has 13 heteroatoms. The number of oxime groups is 1. The predicted octanol–water partition coefficient (Wildman–Crippen LogP) is 0.206. The van der Waals surface area contributed by atoms with Crippen molar-refractivity contribution in [3.8, 4) is 17.3 Å². The van der Waals surface area contributed by atoms with E-state index in [0.717, 1.165) is 0 Å². The lowest BCUT2D eigenvalue weighted by Crippen LogP contribution is -2.44. The number of aromatic amines is 1. The summed E-state index contributed by atoms with van der Waals surface area (Å²) in [6.07, 6.45) is 4.19. The summed E-state index contributed by atoms with van der Waals surface area (Å²) in [6, 6.07) is 7.52. The van der Waals surface area contributed by atoms with Gasteiger partial charge in [-0.3, -0.25) is 9.59 Å². The first-order chi connectivity index (χ1) is 15.9. The van der Waals surface area contributed by atoms with Crippen LogP contribution < -0.4 is 15.5 Å². The van der Waals surface area contributed by atoms with Gasteiger partial charge in [0, 0.05) is 6.92 Å². The van der Waals surface area contributed by atoms with Crippen LogP contribution in [0.5, 0.6) is 5.75 Å². The second-order valence-electron chi connectivity index (χ2n) is 6.72. The molecule has 3 aromatic rings. The molecule has 0 bridgehead atoms. The van der Waals surface area contributed by atoms with Gasteiger partial charge < -0.3 is 35.2 Å². The van der Waals surface area contributed by atoms with Crippen molar-refractivity contribution in [2.24, 2.45) is 5.16 Å². The summed E-state index contributed by atoms with van der Waals surface area (Å²) in [5.74, 6) is -1.46. The second-order valence-corrected chi connectivity index (χ2v) is 6.72. The zero-order valence-electron chi connectivity index (χ0n) is 17.4. The molecule has 0 unspecified atom stereocenters. The number of carbonyl (C=O) groups excluding carboxylic acids is 2. The van der Waals surface area contributed by atoms with Crippen LogP contribution in [-0.4, -0.2) is 66.4 Å². The van der Waals surface area contributed by atoms with Gasteiger partial charge in [-0.1, -0.05) is 23.4 Å². The van der Waals surface area contributed by atoms with Crippen LogP contribution in [0.25, 0.3) is 11.5 Å². The van der Waals surface area contributed by atoms with Crippen molar-refractivity contribution < 1.29 is 29.4 Å². The third kappa shape index (κ3) is 6.24. The van der Waals surface area contributed by atoms with Gasteiger partial charge >= 0.3 is 5.97 Å². The lowest BCUT2D eigenvalue weighted by molar-refractivity contribution is -0.143. The Balaban J connectivity index is 1.76. The number of aliphatic hydroxyl groups excluding tert-OH is 1. The highest BCUT2D eigenvalue weighted by atomic mass is 16.6. The Kier molecular flexibility index (Phi) is 7.49. The number of aliphatic carboxylic acids is 1. The summed E-state index contributed by atoms with van der Waals surface area (Å²) in [7, 11) is 0. The summed E-state index contributed by atoms with van der Waals surface area (Å²) in [4.78, 5) is 51.5. The number of imidazole rings is 2. The fourth-order valence-electron chi connectivity index (χ4n) is 2.70. The third-order valence-electron chi connectivity index (χ3n) is 4.17. The SMILES string of the molecule is CC(=O)Nc1c(-c2ncc(/C=N/Oc3ccccc3)[nH]2)ncn1CC(=O)N[C@@H](CO)C(=O)O. The van der Waals surface area contributed by atoms with Crippen LogP contribution in [0.3, 0.4) is 0 Å². The molecular weight excluding hydrogens is 434 g/mol. The summed E-state index contributed by atoms with van der Waals surface area (Å²) in [5.41, 5.74) is 0.743. The van der Waals surface area contributed by atoms with Crippen LogP contribution in [0.4, 0.5) is 5.82 Å². The normalized spacial score (nSPS) is 11.8. The third-order valence-corrected chi connectivity index (χ3v) is 4.17. The van der Waals surface area contributed by atoms with Crippen molar-refractivity contribution in [1.82, 2.24) is 24.8 Å². The van der Waals surface area contributed by atoms with Crippen molar-refractivity contribution in [2.75, 3.05) is 11.9 Å². The fraction of sp³-hybridized carbons (Fsp3) is 0.200.